The number of hydrogen-bond donors (Lipinski definition) is 1. The van der Waals surface area contributed by atoms with Gasteiger partial charge >= 0.3 is 0 Å². The lowest BCUT2D eigenvalue weighted by atomic mass is 10.2. The van der Waals surface area contributed by atoms with Gasteiger partial charge in [0.15, 0.2) is 0 Å². The summed E-state index contributed by atoms with van der Waals surface area (Å²) in [7, 11) is 4.23. The van der Waals surface area contributed by atoms with E-state index in [1.165, 1.54) is 24.3 Å². The van der Waals surface area contributed by atoms with Crippen molar-refractivity contribution < 1.29 is 0 Å². The summed E-state index contributed by atoms with van der Waals surface area (Å²) in [5.74, 6) is 0. The first kappa shape index (κ1) is 14.0. The summed E-state index contributed by atoms with van der Waals surface area (Å²) in [6, 6.07) is 4.48. The number of nitrogens with zero attached hydrogens (tertiary/aromatic N) is 1. The van der Waals surface area contributed by atoms with Gasteiger partial charge in [-0.1, -0.05) is 11.6 Å². The molecular weight excluding hydrogens is 240 g/mol. The average Bonchev–Trinajstić information content (AvgIpc) is 2.63. The zero-order valence-corrected chi connectivity index (χ0v) is 11.9. The first-order valence-corrected chi connectivity index (χ1v) is 6.92. The number of thiophene rings is 1. The highest BCUT2D eigenvalue weighted by Gasteiger charge is 2.06. The number of hydrogen-bond acceptors (Lipinski definition) is 3. The van der Waals surface area contributed by atoms with Crippen molar-refractivity contribution in [2.75, 3.05) is 27.2 Å². The molecule has 0 aliphatic carbocycles. The van der Waals surface area contributed by atoms with Gasteiger partial charge in [0.1, 0.15) is 0 Å². The summed E-state index contributed by atoms with van der Waals surface area (Å²) in [6.07, 6.45) is 2.47. The van der Waals surface area contributed by atoms with Gasteiger partial charge in [0.25, 0.3) is 0 Å². The summed E-state index contributed by atoms with van der Waals surface area (Å²) in [6.45, 7) is 4.43. The van der Waals surface area contributed by atoms with Gasteiger partial charge in [-0.2, -0.15) is 0 Å². The zero-order chi connectivity index (χ0) is 12.0. The Morgan fingerprint density at radius 3 is 2.69 bits per heavy atom. The van der Waals surface area contributed by atoms with Crippen LogP contribution in [0.15, 0.2) is 12.1 Å². The fraction of sp³-hybridized carbons (Fsp3) is 0.667. The van der Waals surface area contributed by atoms with Crippen LogP contribution in [0, 0.1) is 0 Å². The lowest BCUT2D eigenvalue weighted by Gasteiger charge is -2.13. The maximum atomic E-state index is 5.91. The van der Waals surface area contributed by atoms with E-state index in [9.17, 15) is 0 Å². The van der Waals surface area contributed by atoms with Crippen LogP contribution in [0.25, 0.3) is 0 Å². The molecule has 0 spiro atoms. The Hall–Kier alpha value is -0.0900. The number of halogens is 1. The van der Waals surface area contributed by atoms with Crippen molar-refractivity contribution in [1.29, 1.82) is 0 Å². The largest absolute Gasteiger partial charge is 0.309 e. The monoisotopic (exact) mass is 260 g/mol. The molecule has 92 valence electrons. The van der Waals surface area contributed by atoms with Gasteiger partial charge < -0.3 is 10.2 Å². The molecule has 1 unspecified atom stereocenters. The topological polar surface area (TPSA) is 15.3 Å². The quantitative estimate of drug-likeness (QED) is 0.756. The molecule has 0 saturated carbocycles. The third-order valence-corrected chi connectivity index (χ3v) is 3.92. The molecule has 4 heteroatoms. The van der Waals surface area contributed by atoms with Gasteiger partial charge in [-0.15, -0.1) is 11.3 Å². The molecule has 0 fully saturated rings. The van der Waals surface area contributed by atoms with Crippen LogP contribution in [0.3, 0.4) is 0 Å². The Balaban J connectivity index is 2.13. The standard InChI is InChI=1S/C12H21ClN2S/c1-10(11-6-7-12(13)16-11)14-8-4-5-9-15(2)3/h6-7,10,14H,4-5,8-9H2,1-3H3. The average molecular weight is 261 g/mol. The second-order valence-corrected chi connectivity index (χ2v) is 6.07. The van der Waals surface area contributed by atoms with Crippen LogP contribution in [0.4, 0.5) is 0 Å². The van der Waals surface area contributed by atoms with E-state index in [1.54, 1.807) is 11.3 Å². The van der Waals surface area contributed by atoms with Gasteiger partial charge in [-0.3, -0.25) is 0 Å². The zero-order valence-electron chi connectivity index (χ0n) is 10.3. The van der Waals surface area contributed by atoms with Crippen LogP contribution in [0.2, 0.25) is 4.34 Å². The second-order valence-electron chi connectivity index (χ2n) is 4.33. The molecule has 1 aromatic rings. The van der Waals surface area contributed by atoms with E-state index in [2.05, 4.69) is 37.3 Å². The van der Waals surface area contributed by atoms with Crippen molar-refractivity contribution in [1.82, 2.24) is 10.2 Å². The Morgan fingerprint density at radius 2 is 2.12 bits per heavy atom. The summed E-state index contributed by atoms with van der Waals surface area (Å²) in [5.41, 5.74) is 0. The number of rotatable bonds is 7. The molecular formula is C12H21ClN2S. The summed E-state index contributed by atoms with van der Waals surface area (Å²) in [5, 5.41) is 3.52. The van der Waals surface area contributed by atoms with E-state index in [1.807, 2.05) is 6.07 Å². The lowest BCUT2D eigenvalue weighted by molar-refractivity contribution is 0.389. The summed E-state index contributed by atoms with van der Waals surface area (Å²) in [4.78, 5) is 3.54. The second kappa shape index (κ2) is 7.28. The third-order valence-electron chi connectivity index (χ3n) is 2.50. The molecule has 0 aliphatic heterocycles. The molecule has 2 nitrogen and oxygen atoms in total. The molecule has 0 bridgehead atoms. The van der Waals surface area contributed by atoms with Crippen molar-refractivity contribution in [3.63, 3.8) is 0 Å². The number of nitrogens with one attached hydrogen (secondary N) is 1. The Morgan fingerprint density at radius 1 is 1.38 bits per heavy atom. The van der Waals surface area contributed by atoms with Gasteiger partial charge in [0, 0.05) is 10.9 Å². The van der Waals surface area contributed by atoms with E-state index in [4.69, 9.17) is 11.6 Å². The van der Waals surface area contributed by atoms with Crippen molar-refractivity contribution in [2.24, 2.45) is 0 Å². The van der Waals surface area contributed by atoms with Crippen LogP contribution >= 0.6 is 22.9 Å². The molecule has 0 amide bonds. The van der Waals surface area contributed by atoms with Gasteiger partial charge in [0.05, 0.1) is 4.34 Å². The molecule has 1 N–H and O–H groups in total. The fourth-order valence-corrected chi connectivity index (χ4v) is 2.62. The van der Waals surface area contributed by atoms with Crippen molar-refractivity contribution in [3.05, 3.63) is 21.3 Å². The van der Waals surface area contributed by atoms with Crippen LogP contribution in [0.5, 0.6) is 0 Å². The fourth-order valence-electron chi connectivity index (χ4n) is 1.53. The maximum absolute atomic E-state index is 5.91. The Labute approximate surface area is 108 Å². The number of unbranched alkanes of at least 4 members (excludes halogenated alkanes) is 1. The first-order chi connectivity index (χ1) is 7.59. The van der Waals surface area contributed by atoms with Crippen molar-refractivity contribution in [2.45, 2.75) is 25.8 Å². The molecule has 16 heavy (non-hydrogen) atoms. The Bertz CT molecular complexity index is 299. The van der Waals surface area contributed by atoms with E-state index in [0.29, 0.717) is 6.04 Å². The highest BCUT2D eigenvalue weighted by molar-refractivity contribution is 7.16. The van der Waals surface area contributed by atoms with Gasteiger partial charge in [-0.25, -0.2) is 0 Å². The highest BCUT2D eigenvalue weighted by Crippen LogP contribution is 2.26. The molecule has 1 aromatic heterocycles. The maximum Gasteiger partial charge on any atom is 0.0931 e. The Kier molecular flexibility index (Phi) is 6.36. The summed E-state index contributed by atoms with van der Waals surface area (Å²) >= 11 is 7.57. The summed E-state index contributed by atoms with van der Waals surface area (Å²) < 4.78 is 0.872. The van der Waals surface area contributed by atoms with Crippen LogP contribution in [-0.2, 0) is 0 Å². The predicted molar refractivity (Wildman–Crippen MR) is 73.5 cm³/mol. The SMILES string of the molecule is CC(NCCCCN(C)C)c1ccc(Cl)s1. The molecule has 0 aromatic carbocycles. The van der Waals surface area contributed by atoms with Gasteiger partial charge in [-0.05, 0) is 59.1 Å². The van der Waals surface area contributed by atoms with E-state index < -0.39 is 0 Å². The van der Waals surface area contributed by atoms with Crippen LogP contribution in [0.1, 0.15) is 30.7 Å². The minimum atomic E-state index is 0.414. The minimum absolute atomic E-state index is 0.414. The van der Waals surface area contributed by atoms with E-state index in [-0.39, 0.29) is 0 Å². The van der Waals surface area contributed by atoms with Crippen molar-refractivity contribution in [3.8, 4) is 0 Å². The molecule has 0 radical (unpaired) electrons. The van der Waals surface area contributed by atoms with Crippen molar-refractivity contribution >= 4 is 22.9 Å². The van der Waals surface area contributed by atoms with Crippen LogP contribution < -0.4 is 5.32 Å². The first-order valence-electron chi connectivity index (χ1n) is 5.73. The predicted octanol–water partition coefficient (Wildman–Crippen LogP) is 3.39. The highest BCUT2D eigenvalue weighted by atomic mass is 35.5. The molecule has 1 heterocycles. The molecule has 1 rings (SSSR count). The third kappa shape index (κ3) is 5.30. The smallest absolute Gasteiger partial charge is 0.0931 e. The molecule has 0 saturated heterocycles. The molecule has 0 aliphatic rings. The van der Waals surface area contributed by atoms with E-state index in [0.717, 1.165) is 10.9 Å². The van der Waals surface area contributed by atoms with E-state index >= 15 is 0 Å². The van der Waals surface area contributed by atoms with Crippen LogP contribution in [-0.4, -0.2) is 32.1 Å². The molecule has 1 atom stereocenters. The lowest BCUT2D eigenvalue weighted by Crippen LogP contribution is -2.20. The van der Waals surface area contributed by atoms with Gasteiger partial charge in [0.2, 0.25) is 0 Å². The minimum Gasteiger partial charge on any atom is -0.309 e. The normalized spacial score (nSPS) is 13.3.